The van der Waals surface area contributed by atoms with Crippen LogP contribution in [-0.2, 0) is 16.3 Å². The molecule has 1 unspecified atom stereocenters. The van der Waals surface area contributed by atoms with Gasteiger partial charge in [-0.1, -0.05) is 24.6 Å². The lowest BCUT2D eigenvalue weighted by molar-refractivity contribution is 0.227. The summed E-state index contributed by atoms with van der Waals surface area (Å²) in [5, 5.41) is 3.54. The van der Waals surface area contributed by atoms with Gasteiger partial charge in [0.1, 0.15) is 11.9 Å². The molecule has 2 aliphatic rings. The topological polar surface area (TPSA) is 55.4 Å². The molecule has 0 aromatic heterocycles. The standard InChI is InChI=1S/C15H21NO3S/c17-20(18)10-14(11-20)19-15-7-2-1-5-12(15)9-13-6-3-4-8-16-13/h1-2,5,7,13-14,16H,3-4,6,8-11H2. The summed E-state index contributed by atoms with van der Waals surface area (Å²) in [6.07, 6.45) is 4.53. The van der Waals surface area contributed by atoms with E-state index in [4.69, 9.17) is 4.74 Å². The molecule has 2 fully saturated rings. The van der Waals surface area contributed by atoms with Gasteiger partial charge in [-0.05, 0) is 37.4 Å². The molecule has 20 heavy (non-hydrogen) atoms. The number of piperidine rings is 1. The number of benzene rings is 1. The van der Waals surface area contributed by atoms with Crippen LogP contribution in [0.1, 0.15) is 24.8 Å². The predicted octanol–water partition coefficient (Wildman–Crippen LogP) is 1.55. The van der Waals surface area contributed by atoms with Crippen molar-refractivity contribution >= 4 is 9.84 Å². The summed E-state index contributed by atoms with van der Waals surface area (Å²) in [7, 11) is -2.83. The van der Waals surface area contributed by atoms with Crippen LogP contribution < -0.4 is 10.1 Å². The highest BCUT2D eigenvalue weighted by molar-refractivity contribution is 7.92. The van der Waals surface area contributed by atoms with Crippen molar-refractivity contribution in [1.29, 1.82) is 0 Å². The smallest absolute Gasteiger partial charge is 0.157 e. The molecule has 2 aliphatic heterocycles. The minimum absolute atomic E-state index is 0.156. The molecule has 1 aromatic carbocycles. The van der Waals surface area contributed by atoms with Crippen LogP contribution in [0, 0.1) is 0 Å². The molecule has 2 heterocycles. The Labute approximate surface area is 120 Å². The molecule has 0 radical (unpaired) electrons. The van der Waals surface area contributed by atoms with Gasteiger partial charge < -0.3 is 10.1 Å². The summed E-state index contributed by atoms with van der Waals surface area (Å²) < 4.78 is 28.3. The van der Waals surface area contributed by atoms with Gasteiger partial charge >= 0.3 is 0 Å². The first kappa shape index (κ1) is 13.9. The van der Waals surface area contributed by atoms with Gasteiger partial charge in [-0.15, -0.1) is 0 Å². The second kappa shape index (κ2) is 5.74. The third kappa shape index (κ3) is 3.33. The van der Waals surface area contributed by atoms with Gasteiger partial charge in [0, 0.05) is 6.04 Å². The quantitative estimate of drug-likeness (QED) is 0.915. The Morgan fingerprint density at radius 3 is 2.70 bits per heavy atom. The molecule has 3 rings (SSSR count). The fraction of sp³-hybridized carbons (Fsp3) is 0.600. The van der Waals surface area contributed by atoms with Crippen molar-refractivity contribution in [3.63, 3.8) is 0 Å². The average Bonchev–Trinajstić information content (AvgIpc) is 2.40. The maximum absolute atomic E-state index is 11.2. The second-order valence-corrected chi connectivity index (χ2v) is 7.93. The van der Waals surface area contributed by atoms with E-state index in [1.807, 2.05) is 18.2 Å². The van der Waals surface area contributed by atoms with Crippen molar-refractivity contribution in [2.75, 3.05) is 18.1 Å². The summed E-state index contributed by atoms with van der Waals surface area (Å²) in [6, 6.07) is 8.50. The zero-order valence-corrected chi connectivity index (χ0v) is 12.4. The van der Waals surface area contributed by atoms with Crippen molar-refractivity contribution in [3.05, 3.63) is 29.8 Å². The Bertz CT molecular complexity index is 552. The number of sulfone groups is 1. The van der Waals surface area contributed by atoms with Gasteiger partial charge in [0.05, 0.1) is 11.5 Å². The number of hydrogen-bond acceptors (Lipinski definition) is 4. The van der Waals surface area contributed by atoms with Crippen LogP contribution in [0.15, 0.2) is 24.3 Å². The summed E-state index contributed by atoms with van der Waals surface area (Å²) in [5.41, 5.74) is 1.18. The lowest BCUT2D eigenvalue weighted by atomic mass is 9.97. The maximum atomic E-state index is 11.2. The molecule has 110 valence electrons. The molecular formula is C15H21NO3S. The molecule has 0 bridgehead atoms. The van der Waals surface area contributed by atoms with Crippen LogP contribution in [0.25, 0.3) is 0 Å². The zero-order chi connectivity index (χ0) is 14.0. The Hall–Kier alpha value is -1.07. The van der Waals surface area contributed by atoms with Gasteiger partial charge in [-0.25, -0.2) is 8.42 Å². The molecule has 0 saturated carbocycles. The van der Waals surface area contributed by atoms with E-state index in [0.717, 1.165) is 18.7 Å². The normalized spacial score (nSPS) is 25.9. The lowest BCUT2D eigenvalue weighted by Gasteiger charge is -2.29. The first-order chi connectivity index (χ1) is 9.62. The molecule has 5 heteroatoms. The summed E-state index contributed by atoms with van der Waals surface area (Å²) in [6.45, 7) is 1.09. The Morgan fingerprint density at radius 1 is 1.20 bits per heavy atom. The fourth-order valence-electron chi connectivity index (χ4n) is 2.92. The summed E-state index contributed by atoms with van der Waals surface area (Å²) in [5.74, 6) is 1.16. The summed E-state index contributed by atoms with van der Waals surface area (Å²) in [4.78, 5) is 0. The van der Waals surface area contributed by atoms with E-state index in [1.165, 1.54) is 24.8 Å². The number of hydrogen-bond donors (Lipinski definition) is 1. The monoisotopic (exact) mass is 295 g/mol. The van der Waals surface area contributed by atoms with E-state index >= 15 is 0 Å². The van der Waals surface area contributed by atoms with Crippen molar-refractivity contribution in [2.45, 2.75) is 37.8 Å². The largest absolute Gasteiger partial charge is 0.488 e. The molecule has 2 saturated heterocycles. The van der Waals surface area contributed by atoms with Gasteiger partial charge in [0.25, 0.3) is 0 Å². The van der Waals surface area contributed by atoms with Crippen LogP contribution in [0.4, 0.5) is 0 Å². The van der Waals surface area contributed by atoms with Gasteiger partial charge in [-0.2, -0.15) is 0 Å². The minimum atomic E-state index is -2.83. The van der Waals surface area contributed by atoms with Crippen LogP contribution in [0.3, 0.4) is 0 Å². The Kier molecular flexibility index (Phi) is 3.98. The van der Waals surface area contributed by atoms with Crippen LogP contribution in [0.2, 0.25) is 0 Å². The van der Waals surface area contributed by atoms with E-state index in [1.54, 1.807) is 0 Å². The third-order valence-electron chi connectivity index (χ3n) is 4.02. The highest BCUT2D eigenvalue weighted by atomic mass is 32.2. The molecule has 1 aromatic rings. The molecule has 0 amide bonds. The van der Waals surface area contributed by atoms with Gasteiger partial charge in [0.15, 0.2) is 9.84 Å². The van der Waals surface area contributed by atoms with Gasteiger partial charge in [-0.3, -0.25) is 0 Å². The highest BCUT2D eigenvalue weighted by Gasteiger charge is 2.35. The number of para-hydroxylation sites is 1. The SMILES string of the molecule is O=S1(=O)CC(Oc2ccccc2CC2CCCCN2)C1. The minimum Gasteiger partial charge on any atom is -0.488 e. The van der Waals surface area contributed by atoms with Crippen LogP contribution in [0.5, 0.6) is 5.75 Å². The maximum Gasteiger partial charge on any atom is 0.157 e. The van der Waals surface area contributed by atoms with E-state index < -0.39 is 9.84 Å². The number of rotatable bonds is 4. The van der Waals surface area contributed by atoms with Crippen molar-refractivity contribution in [1.82, 2.24) is 5.32 Å². The molecular weight excluding hydrogens is 274 g/mol. The van der Waals surface area contributed by atoms with Gasteiger partial charge in [0.2, 0.25) is 0 Å². The Morgan fingerprint density at radius 2 is 2.00 bits per heavy atom. The predicted molar refractivity (Wildman–Crippen MR) is 78.9 cm³/mol. The van der Waals surface area contributed by atoms with E-state index in [-0.39, 0.29) is 17.6 Å². The fourth-order valence-corrected chi connectivity index (χ4v) is 4.09. The second-order valence-electron chi connectivity index (χ2n) is 5.78. The first-order valence-electron chi connectivity index (χ1n) is 7.31. The van der Waals surface area contributed by atoms with E-state index in [9.17, 15) is 8.42 Å². The van der Waals surface area contributed by atoms with Crippen LogP contribution in [-0.4, -0.2) is 38.6 Å². The highest BCUT2D eigenvalue weighted by Crippen LogP contribution is 2.25. The molecule has 0 spiro atoms. The van der Waals surface area contributed by atoms with E-state index in [2.05, 4.69) is 11.4 Å². The molecule has 4 nitrogen and oxygen atoms in total. The van der Waals surface area contributed by atoms with Crippen molar-refractivity contribution in [2.24, 2.45) is 0 Å². The molecule has 1 N–H and O–H groups in total. The average molecular weight is 295 g/mol. The van der Waals surface area contributed by atoms with Crippen molar-refractivity contribution < 1.29 is 13.2 Å². The molecule has 1 atom stereocenters. The summed E-state index contributed by atoms with van der Waals surface area (Å²) >= 11 is 0. The lowest BCUT2D eigenvalue weighted by Crippen LogP contribution is -2.45. The third-order valence-corrected chi connectivity index (χ3v) is 5.78. The number of ether oxygens (including phenoxy) is 1. The van der Waals surface area contributed by atoms with E-state index in [0.29, 0.717) is 6.04 Å². The molecule has 0 aliphatic carbocycles. The number of nitrogens with one attached hydrogen (secondary N) is 1. The van der Waals surface area contributed by atoms with Crippen molar-refractivity contribution in [3.8, 4) is 5.75 Å². The Balaban J connectivity index is 1.65. The van der Waals surface area contributed by atoms with Crippen LogP contribution >= 0.6 is 0 Å². The zero-order valence-electron chi connectivity index (χ0n) is 11.5. The first-order valence-corrected chi connectivity index (χ1v) is 9.13.